The van der Waals surface area contributed by atoms with Gasteiger partial charge in [0.25, 0.3) is 0 Å². The van der Waals surface area contributed by atoms with Gasteiger partial charge < -0.3 is 0 Å². The van der Waals surface area contributed by atoms with Gasteiger partial charge in [-0.15, -0.1) is 11.3 Å². The van der Waals surface area contributed by atoms with Crippen LogP contribution in [0.15, 0.2) is 12.1 Å². The molecular formula is C13H21NO2S2. The largest absolute Gasteiger partial charge is 0.214 e. The number of hydrogen-bond donors (Lipinski definition) is 0. The van der Waals surface area contributed by atoms with Crippen LogP contribution in [-0.4, -0.2) is 25.0 Å². The van der Waals surface area contributed by atoms with Crippen molar-refractivity contribution < 1.29 is 8.42 Å². The molecule has 18 heavy (non-hydrogen) atoms. The molecule has 0 N–H and O–H groups in total. The van der Waals surface area contributed by atoms with E-state index in [-0.39, 0.29) is 11.8 Å². The van der Waals surface area contributed by atoms with Crippen LogP contribution in [0.1, 0.15) is 48.4 Å². The Kier molecular flexibility index (Phi) is 4.45. The fourth-order valence-electron chi connectivity index (χ4n) is 2.50. The summed E-state index contributed by atoms with van der Waals surface area (Å²) in [6, 6.07) is 4.24. The average molecular weight is 287 g/mol. The molecule has 1 aromatic rings. The molecule has 0 aromatic carbocycles. The lowest BCUT2D eigenvalue weighted by atomic mass is 10.1. The molecule has 0 amide bonds. The molecule has 0 spiro atoms. The molecule has 1 aromatic heterocycles. The van der Waals surface area contributed by atoms with Gasteiger partial charge in [0.1, 0.15) is 0 Å². The number of aryl methyl sites for hydroxylation is 1. The lowest BCUT2D eigenvalue weighted by Gasteiger charge is -2.28. The second-order valence-corrected chi connectivity index (χ2v) is 8.35. The summed E-state index contributed by atoms with van der Waals surface area (Å²) in [5.41, 5.74) is 0. The van der Waals surface area contributed by atoms with E-state index < -0.39 is 10.0 Å². The fraction of sp³-hybridized carbons (Fsp3) is 0.692. The van der Waals surface area contributed by atoms with E-state index in [4.69, 9.17) is 0 Å². The highest BCUT2D eigenvalue weighted by Crippen LogP contribution is 2.35. The highest BCUT2D eigenvalue weighted by Gasteiger charge is 2.31. The predicted octanol–water partition coefficient (Wildman–Crippen LogP) is 3.32. The molecule has 5 heteroatoms. The lowest BCUT2D eigenvalue weighted by molar-refractivity contribution is 0.333. The Morgan fingerprint density at radius 2 is 2.11 bits per heavy atom. The van der Waals surface area contributed by atoms with Gasteiger partial charge in [-0.05, 0) is 38.8 Å². The third-order valence-electron chi connectivity index (χ3n) is 3.52. The molecule has 1 atom stereocenters. The van der Waals surface area contributed by atoms with E-state index >= 15 is 0 Å². The maximum atomic E-state index is 12.2. The van der Waals surface area contributed by atoms with Gasteiger partial charge >= 0.3 is 0 Å². The first-order chi connectivity index (χ1) is 8.54. The minimum absolute atomic E-state index is 0.0659. The summed E-state index contributed by atoms with van der Waals surface area (Å²) in [5.74, 6) is 0.202. The van der Waals surface area contributed by atoms with Gasteiger partial charge in [0, 0.05) is 16.3 Å². The van der Waals surface area contributed by atoms with Crippen molar-refractivity contribution in [3.63, 3.8) is 0 Å². The Morgan fingerprint density at radius 1 is 1.33 bits per heavy atom. The van der Waals surface area contributed by atoms with E-state index in [0.717, 1.165) is 25.7 Å². The number of rotatable bonds is 3. The highest BCUT2D eigenvalue weighted by atomic mass is 32.2. The summed E-state index contributed by atoms with van der Waals surface area (Å²) < 4.78 is 26.2. The maximum Gasteiger partial charge on any atom is 0.214 e. The first-order valence-electron chi connectivity index (χ1n) is 6.60. The van der Waals surface area contributed by atoms with Crippen molar-refractivity contribution in [3.05, 3.63) is 21.9 Å². The summed E-state index contributed by atoms with van der Waals surface area (Å²) in [4.78, 5) is 2.45. The van der Waals surface area contributed by atoms with Crippen LogP contribution in [0, 0.1) is 6.92 Å². The Hall–Kier alpha value is -0.390. The second-order valence-electron chi connectivity index (χ2n) is 4.82. The monoisotopic (exact) mass is 287 g/mol. The van der Waals surface area contributed by atoms with Crippen molar-refractivity contribution in [2.75, 3.05) is 12.3 Å². The third kappa shape index (κ3) is 2.95. The van der Waals surface area contributed by atoms with Crippen molar-refractivity contribution >= 4 is 21.4 Å². The van der Waals surface area contributed by atoms with Gasteiger partial charge in [-0.25, -0.2) is 8.42 Å². The molecule has 1 aliphatic heterocycles. The summed E-state index contributed by atoms with van der Waals surface area (Å²) in [6.45, 7) is 4.48. The molecular weight excluding hydrogens is 266 g/mol. The fourth-order valence-corrected chi connectivity index (χ4v) is 4.93. The summed E-state index contributed by atoms with van der Waals surface area (Å²) >= 11 is 1.73. The SMILES string of the molecule is CCS(=O)(=O)N1CCCCC[C@H]1c1ccc(C)s1. The van der Waals surface area contributed by atoms with E-state index in [0.29, 0.717) is 6.54 Å². The Labute approximate surface area is 114 Å². The van der Waals surface area contributed by atoms with Crippen LogP contribution >= 0.6 is 11.3 Å². The zero-order valence-electron chi connectivity index (χ0n) is 11.1. The molecule has 0 aliphatic carbocycles. The average Bonchev–Trinajstić information content (AvgIpc) is 2.63. The molecule has 1 saturated heterocycles. The first-order valence-corrected chi connectivity index (χ1v) is 9.03. The van der Waals surface area contributed by atoms with Crippen molar-refractivity contribution in [1.29, 1.82) is 0 Å². The number of thiophene rings is 1. The topological polar surface area (TPSA) is 37.4 Å². The molecule has 0 bridgehead atoms. The van der Waals surface area contributed by atoms with Crippen molar-refractivity contribution in [2.45, 2.75) is 45.6 Å². The zero-order valence-corrected chi connectivity index (χ0v) is 12.7. The quantitative estimate of drug-likeness (QED) is 0.855. The second kappa shape index (κ2) is 5.72. The van der Waals surface area contributed by atoms with Crippen LogP contribution in [0.3, 0.4) is 0 Å². The molecule has 3 nitrogen and oxygen atoms in total. The van der Waals surface area contributed by atoms with Gasteiger partial charge in [0.05, 0.1) is 11.8 Å². The van der Waals surface area contributed by atoms with E-state index in [1.165, 1.54) is 9.75 Å². The minimum Gasteiger partial charge on any atom is -0.212 e. The molecule has 2 rings (SSSR count). The standard InChI is InChI=1S/C13H21NO2S2/c1-3-18(15,16)14-10-6-4-5-7-12(14)13-9-8-11(2)17-13/h8-9,12H,3-7,10H2,1-2H3/t12-/m0/s1. The Bertz CT molecular complexity index is 493. The molecule has 2 heterocycles. The molecule has 0 radical (unpaired) electrons. The van der Waals surface area contributed by atoms with Gasteiger partial charge in [0.2, 0.25) is 10.0 Å². The number of nitrogens with zero attached hydrogens (tertiary/aromatic N) is 1. The first kappa shape index (κ1) is 14.0. The van der Waals surface area contributed by atoms with Crippen molar-refractivity contribution in [3.8, 4) is 0 Å². The van der Waals surface area contributed by atoms with Gasteiger partial charge in [0.15, 0.2) is 0 Å². The molecule has 0 saturated carbocycles. The Morgan fingerprint density at radius 3 is 2.72 bits per heavy atom. The van der Waals surface area contributed by atoms with Crippen LogP contribution in [0.2, 0.25) is 0 Å². The zero-order chi connectivity index (χ0) is 13.2. The van der Waals surface area contributed by atoms with Crippen LogP contribution in [0.4, 0.5) is 0 Å². The van der Waals surface area contributed by atoms with Crippen LogP contribution < -0.4 is 0 Å². The number of sulfonamides is 1. The molecule has 0 unspecified atom stereocenters. The highest BCUT2D eigenvalue weighted by molar-refractivity contribution is 7.89. The van der Waals surface area contributed by atoms with Crippen LogP contribution in [0.25, 0.3) is 0 Å². The molecule has 1 fully saturated rings. The normalized spacial score (nSPS) is 22.9. The van der Waals surface area contributed by atoms with Crippen molar-refractivity contribution in [2.24, 2.45) is 0 Å². The summed E-state index contributed by atoms with van der Waals surface area (Å²) in [7, 11) is -3.09. The van der Waals surface area contributed by atoms with Gasteiger partial charge in [-0.1, -0.05) is 12.8 Å². The van der Waals surface area contributed by atoms with Crippen molar-refractivity contribution in [1.82, 2.24) is 4.31 Å². The maximum absolute atomic E-state index is 12.2. The smallest absolute Gasteiger partial charge is 0.212 e. The summed E-state index contributed by atoms with van der Waals surface area (Å²) in [5, 5.41) is 0. The van der Waals surface area contributed by atoms with Crippen LogP contribution in [-0.2, 0) is 10.0 Å². The minimum atomic E-state index is -3.09. The van der Waals surface area contributed by atoms with E-state index in [9.17, 15) is 8.42 Å². The summed E-state index contributed by atoms with van der Waals surface area (Å²) in [6.07, 6.45) is 4.20. The van der Waals surface area contributed by atoms with E-state index in [1.54, 1.807) is 22.6 Å². The van der Waals surface area contributed by atoms with Gasteiger partial charge in [-0.3, -0.25) is 0 Å². The Balaban J connectivity index is 2.33. The van der Waals surface area contributed by atoms with Crippen LogP contribution in [0.5, 0.6) is 0 Å². The van der Waals surface area contributed by atoms with E-state index in [1.807, 2.05) is 0 Å². The lowest BCUT2D eigenvalue weighted by Crippen LogP contribution is -2.35. The molecule has 102 valence electrons. The molecule has 1 aliphatic rings. The third-order valence-corrected chi connectivity index (χ3v) is 6.50. The predicted molar refractivity (Wildman–Crippen MR) is 76.4 cm³/mol. The number of hydrogen-bond acceptors (Lipinski definition) is 3. The van der Waals surface area contributed by atoms with Gasteiger partial charge in [-0.2, -0.15) is 4.31 Å². The van der Waals surface area contributed by atoms with E-state index in [2.05, 4.69) is 19.1 Å².